The second-order valence-corrected chi connectivity index (χ2v) is 10.1. The van der Waals surface area contributed by atoms with Crippen LogP contribution < -0.4 is 5.32 Å². The van der Waals surface area contributed by atoms with Crippen LogP contribution in [0.15, 0.2) is 0 Å². The van der Waals surface area contributed by atoms with Crippen molar-refractivity contribution in [3.8, 4) is 0 Å². The Morgan fingerprint density at radius 1 is 1.00 bits per heavy atom. The van der Waals surface area contributed by atoms with Gasteiger partial charge in [0.1, 0.15) is 0 Å². The maximum Gasteiger partial charge on any atom is 0.340 e. The minimum absolute atomic E-state index is 0.00572. The quantitative estimate of drug-likeness (QED) is 0.154. The summed E-state index contributed by atoms with van der Waals surface area (Å²) in [6, 6.07) is 0. The van der Waals surface area contributed by atoms with E-state index in [1.807, 2.05) is 95.7 Å². The van der Waals surface area contributed by atoms with E-state index in [-0.39, 0.29) is 17.7 Å². The van der Waals surface area contributed by atoms with Crippen LogP contribution in [0.3, 0.4) is 0 Å². The summed E-state index contributed by atoms with van der Waals surface area (Å²) in [5.41, 5.74) is -0.0919. The Hall–Kier alpha value is 0.660. The molecule has 0 saturated carbocycles. The summed E-state index contributed by atoms with van der Waals surface area (Å²) in [4.78, 5) is 36.4. The number of rotatable bonds is 5. The van der Waals surface area contributed by atoms with Crippen molar-refractivity contribution in [1.29, 1.82) is 0 Å². The molecule has 138 valence electrons. The molecule has 2 N–H and O–H groups in total. The molecule has 25 heavy (non-hydrogen) atoms. The van der Waals surface area contributed by atoms with Crippen LogP contribution in [0.2, 0.25) is 0 Å². The Bertz CT molecular complexity index is 854. The maximum atomic E-state index is 12.5. The van der Waals surface area contributed by atoms with Gasteiger partial charge in [-0.3, -0.25) is 19.5 Å². The van der Waals surface area contributed by atoms with Gasteiger partial charge in [0.2, 0.25) is 5.91 Å². The molecule has 0 spiro atoms. The molecule has 0 saturated heterocycles. The Labute approximate surface area is 197 Å². The van der Waals surface area contributed by atoms with Crippen molar-refractivity contribution in [3.05, 3.63) is 25.4 Å². The zero-order valence-electron chi connectivity index (χ0n) is 12.2. The Kier molecular flexibility index (Phi) is 9.23. The van der Waals surface area contributed by atoms with Gasteiger partial charge in [0.05, 0.1) is 17.7 Å². The van der Waals surface area contributed by atoms with Gasteiger partial charge in [-0.2, -0.15) is 8.42 Å². The average Bonchev–Trinajstić information content (AvgIpc) is 2.46. The predicted molar refractivity (Wildman–Crippen MR) is 122 cm³/mol. The van der Waals surface area contributed by atoms with Gasteiger partial charge >= 0.3 is 5.97 Å². The minimum atomic E-state index is -4.58. The van der Waals surface area contributed by atoms with E-state index >= 15 is 0 Å². The van der Waals surface area contributed by atoms with Gasteiger partial charge in [0, 0.05) is 14.3 Å². The van der Waals surface area contributed by atoms with E-state index in [4.69, 9.17) is 9.29 Å². The van der Waals surface area contributed by atoms with Crippen LogP contribution in [0.4, 0.5) is 0 Å². The van der Waals surface area contributed by atoms with E-state index in [0.717, 1.165) is 3.57 Å². The largest absolute Gasteiger partial charge is 0.462 e. The molecule has 2 amide bonds. The predicted octanol–water partition coefficient (Wildman–Crippen LogP) is 2.43. The van der Waals surface area contributed by atoms with E-state index in [1.165, 1.54) is 0 Å². The number of nitrogens with one attached hydrogen (secondary N) is 1. The van der Waals surface area contributed by atoms with Crippen LogP contribution in [0.1, 0.15) is 27.6 Å². The van der Waals surface area contributed by atoms with E-state index in [2.05, 4.69) is 0 Å². The van der Waals surface area contributed by atoms with E-state index in [9.17, 15) is 22.8 Å². The Morgan fingerprint density at radius 3 is 1.92 bits per heavy atom. The monoisotopic (exact) mass is 819 g/mol. The highest BCUT2D eigenvalue weighted by molar-refractivity contribution is 14.1. The molecule has 0 fully saturated rings. The number of ether oxygens (including phenoxy) is 1. The molecule has 0 aliphatic rings. The fraction of sp³-hybridized carbons (Fsp3) is 0.250. The van der Waals surface area contributed by atoms with Crippen LogP contribution in [0.25, 0.3) is 0 Å². The van der Waals surface area contributed by atoms with Gasteiger partial charge in [-0.15, -0.1) is 0 Å². The smallest absolute Gasteiger partial charge is 0.340 e. The third kappa shape index (κ3) is 6.35. The van der Waals surface area contributed by atoms with Crippen molar-refractivity contribution in [2.45, 2.75) is 6.92 Å². The maximum absolute atomic E-state index is 12.5. The number of carbonyl (C=O) groups excluding carboxylic acids is 3. The van der Waals surface area contributed by atoms with E-state index in [0.29, 0.717) is 10.7 Å². The fourth-order valence-corrected chi connectivity index (χ4v) is 5.69. The number of esters is 1. The van der Waals surface area contributed by atoms with Crippen LogP contribution >= 0.6 is 90.4 Å². The van der Waals surface area contributed by atoms with Crippen LogP contribution in [0, 0.1) is 14.3 Å². The number of imide groups is 1. The molecule has 0 bridgehead atoms. The summed E-state index contributed by atoms with van der Waals surface area (Å²) in [5.74, 6) is -4.15. The summed E-state index contributed by atoms with van der Waals surface area (Å²) in [6.45, 7) is 1.71. The van der Waals surface area contributed by atoms with Crippen LogP contribution in [-0.2, 0) is 19.6 Å². The lowest BCUT2D eigenvalue weighted by Crippen LogP contribution is -2.37. The van der Waals surface area contributed by atoms with Crippen molar-refractivity contribution < 1.29 is 32.1 Å². The van der Waals surface area contributed by atoms with Crippen LogP contribution in [0.5, 0.6) is 0 Å². The lowest BCUT2D eigenvalue weighted by atomic mass is 10.1. The average molecular weight is 819 g/mol. The minimum Gasteiger partial charge on any atom is -0.462 e. The molecule has 0 atom stereocenters. The number of benzene rings is 1. The van der Waals surface area contributed by atoms with Crippen molar-refractivity contribution >= 4 is 118 Å². The number of carbonyl (C=O) groups is 3. The number of hydrogen-bond acceptors (Lipinski definition) is 6. The van der Waals surface area contributed by atoms with Gasteiger partial charge in [-0.05, 0) is 97.3 Å². The summed E-state index contributed by atoms with van der Waals surface area (Å²) in [7, 11) is -4.58. The Morgan fingerprint density at radius 2 is 1.48 bits per heavy atom. The molecule has 0 aromatic heterocycles. The second-order valence-electron chi connectivity index (χ2n) is 4.33. The van der Waals surface area contributed by atoms with Crippen molar-refractivity contribution in [1.82, 2.24) is 5.32 Å². The van der Waals surface area contributed by atoms with Crippen molar-refractivity contribution in [2.24, 2.45) is 0 Å². The molecular formula is C12H9I4NO7S. The summed E-state index contributed by atoms with van der Waals surface area (Å²) < 4.78 is 37.5. The standard InChI is InChI=1S/C12H9I4NO7S/c1-2-24-12(20)6-5(7(13)9(15)10(16)8(6)14)11(19)17-4(18)3-25(21,22)23/h2-3H2,1H3,(H,17,18,19)(H,21,22,23). The van der Waals surface area contributed by atoms with Gasteiger partial charge < -0.3 is 4.74 Å². The lowest BCUT2D eigenvalue weighted by Gasteiger charge is -2.16. The fourth-order valence-electron chi connectivity index (χ4n) is 1.63. The van der Waals surface area contributed by atoms with Gasteiger partial charge in [-0.1, -0.05) is 0 Å². The first-order valence-electron chi connectivity index (χ1n) is 6.23. The number of halogens is 4. The molecule has 1 rings (SSSR count). The topological polar surface area (TPSA) is 127 Å². The summed E-state index contributed by atoms with van der Waals surface area (Å²) in [6.07, 6.45) is 0. The van der Waals surface area contributed by atoms with Gasteiger partial charge in [0.25, 0.3) is 16.0 Å². The van der Waals surface area contributed by atoms with E-state index < -0.39 is 33.7 Å². The number of amides is 2. The molecule has 0 radical (unpaired) electrons. The second kappa shape index (κ2) is 9.73. The number of hydrogen-bond donors (Lipinski definition) is 2. The highest BCUT2D eigenvalue weighted by Gasteiger charge is 2.30. The Balaban J connectivity index is 3.44. The van der Waals surface area contributed by atoms with Gasteiger partial charge in [-0.25, -0.2) is 4.79 Å². The zero-order chi connectivity index (χ0) is 19.5. The lowest BCUT2D eigenvalue weighted by molar-refractivity contribution is -0.117. The zero-order valence-corrected chi connectivity index (χ0v) is 21.7. The molecule has 0 aliphatic heterocycles. The SMILES string of the molecule is CCOC(=O)c1c(I)c(I)c(I)c(I)c1C(=O)NC(=O)CS(=O)(=O)O. The first-order chi connectivity index (χ1) is 11.4. The molecule has 1 aromatic rings. The molecule has 1 aromatic carbocycles. The molecular weight excluding hydrogens is 810 g/mol. The molecule has 0 unspecified atom stereocenters. The van der Waals surface area contributed by atoms with Crippen LogP contribution in [-0.4, -0.2) is 43.1 Å². The molecule has 0 aliphatic carbocycles. The summed E-state index contributed by atoms with van der Waals surface area (Å²) in [5, 5.41) is 1.87. The third-order valence-corrected chi connectivity index (χ3v) is 10.6. The summed E-state index contributed by atoms with van der Waals surface area (Å²) >= 11 is 7.79. The van der Waals surface area contributed by atoms with Crippen molar-refractivity contribution in [3.63, 3.8) is 0 Å². The highest BCUT2D eigenvalue weighted by Crippen LogP contribution is 2.33. The highest BCUT2D eigenvalue weighted by atomic mass is 127. The first-order valence-corrected chi connectivity index (χ1v) is 12.2. The normalized spacial score (nSPS) is 11.1. The third-order valence-electron chi connectivity index (χ3n) is 2.54. The van der Waals surface area contributed by atoms with E-state index in [1.54, 1.807) is 6.92 Å². The first kappa shape index (κ1) is 23.7. The molecule has 13 heteroatoms. The molecule has 8 nitrogen and oxygen atoms in total. The van der Waals surface area contributed by atoms with Gasteiger partial charge in [0.15, 0.2) is 5.75 Å². The van der Waals surface area contributed by atoms with Crippen molar-refractivity contribution in [2.75, 3.05) is 12.4 Å². The molecule has 0 heterocycles.